The topological polar surface area (TPSA) is 52.9 Å². The zero-order chi connectivity index (χ0) is 15.0. The molecule has 4 heteroatoms. The maximum atomic E-state index is 11.7. The highest BCUT2D eigenvalue weighted by Gasteiger charge is 2.15. The Labute approximate surface area is 117 Å². The Morgan fingerprint density at radius 1 is 1.32 bits per heavy atom. The first-order chi connectivity index (χ1) is 8.83. The van der Waals surface area contributed by atoms with Crippen LogP contribution in [0.25, 0.3) is 0 Å². The summed E-state index contributed by atoms with van der Waals surface area (Å²) in [6.07, 6.45) is 4.15. The SMILES string of the molecule is CCC(O)C(=O)N(C)/C=C(/C)N=CC(CC)C(C)C. The highest BCUT2D eigenvalue weighted by Crippen LogP contribution is 2.13. The number of aliphatic imine (C=N–C) groups is 1. The van der Waals surface area contributed by atoms with Gasteiger partial charge < -0.3 is 10.0 Å². The van der Waals surface area contributed by atoms with Crippen LogP contribution >= 0.6 is 0 Å². The van der Waals surface area contributed by atoms with Crippen molar-refractivity contribution in [3.63, 3.8) is 0 Å². The number of nitrogens with zero attached hydrogens (tertiary/aromatic N) is 2. The molecule has 0 aliphatic heterocycles. The molecule has 0 rings (SSSR count). The fourth-order valence-corrected chi connectivity index (χ4v) is 1.75. The number of aliphatic hydroxyl groups is 1. The lowest BCUT2D eigenvalue weighted by Gasteiger charge is -2.16. The van der Waals surface area contributed by atoms with Crippen LogP contribution in [0.4, 0.5) is 0 Å². The van der Waals surface area contributed by atoms with Crippen molar-refractivity contribution in [3.05, 3.63) is 11.9 Å². The van der Waals surface area contributed by atoms with E-state index in [-0.39, 0.29) is 5.91 Å². The molecule has 0 aliphatic carbocycles. The van der Waals surface area contributed by atoms with Crippen LogP contribution < -0.4 is 0 Å². The average Bonchev–Trinajstić information content (AvgIpc) is 2.36. The van der Waals surface area contributed by atoms with Crippen LogP contribution in [0.1, 0.15) is 47.5 Å². The Morgan fingerprint density at radius 2 is 1.89 bits per heavy atom. The van der Waals surface area contributed by atoms with Crippen molar-refractivity contribution in [2.45, 2.75) is 53.6 Å². The number of hydrogen-bond acceptors (Lipinski definition) is 3. The average molecular weight is 268 g/mol. The Bertz CT molecular complexity index is 335. The van der Waals surface area contributed by atoms with E-state index in [9.17, 15) is 9.90 Å². The molecular weight excluding hydrogens is 240 g/mol. The number of allylic oxidation sites excluding steroid dienone is 1. The van der Waals surface area contributed by atoms with Crippen LogP contribution in [-0.4, -0.2) is 35.3 Å². The van der Waals surface area contributed by atoms with Gasteiger partial charge in [0.15, 0.2) is 0 Å². The third-order valence-electron chi connectivity index (χ3n) is 3.20. The van der Waals surface area contributed by atoms with Crippen LogP contribution in [0.15, 0.2) is 16.9 Å². The van der Waals surface area contributed by atoms with Crippen molar-refractivity contribution < 1.29 is 9.90 Å². The lowest BCUT2D eigenvalue weighted by molar-refractivity contribution is -0.136. The van der Waals surface area contributed by atoms with Gasteiger partial charge in [-0.25, -0.2) is 0 Å². The fourth-order valence-electron chi connectivity index (χ4n) is 1.75. The molecule has 0 heterocycles. The second kappa shape index (κ2) is 8.86. The normalized spacial score (nSPS) is 15.9. The molecule has 19 heavy (non-hydrogen) atoms. The van der Waals surface area contributed by atoms with Gasteiger partial charge in [0.05, 0.1) is 5.70 Å². The van der Waals surface area contributed by atoms with Gasteiger partial charge in [0.2, 0.25) is 0 Å². The Balaban J connectivity index is 4.64. The Morgan fingerprint density at radius 3 is 2.32 bits per heavy atom. The van der Waals surface area contributed by atoms with Crippen molar-refractivity contribution in [2.75, 3.05) is 7.05 Å². The minimum absolute atomic E-state index is 0.298. The lowest BCUT2D eigenvalue weighted by atomic mass is 9.95. The van der Waals surface area contributed by atoms with Gasteiger partial charge in [-0.05, 0) is 31.6 Å². The number of aliphatic hydroxyl groups excluding tert-OH is 1. The smallest absolute Gasteiger partial charge is 0.255 e. The summed E-state index contributed by atoms with van der Waals surface area (Å²) in [6.45, 7) is 10.1. The number of carbonyl (C=O) groups is 1. The van der Waals surface area contributed by atoms with E-state index in [1.165, 1.54) is 4.90 Å². The number of likely N-dealkylation sites (N-methyl/N-ethyl adjacent to an activating group) is 1. The first-order valence-corrected chi connectivity index (χ1v) is 7.00. The van der Waals surface area contributed by atoms with E-state index >= 15 is 0 Å². The standard InChI is InChI=1S/C15H28N2O2/c1-7-13(11(3)4)9-16-12(5)10-17(6)15(19)14(18)8-2/h9-11,13-14,18H,7-8H2,1-6H3/b12-10-,16-9?. The molecule has 2 unspecified atom stereocenters. The summed E-state index contributed by atoms with van der Waals surface area (Å²) in [7, 11) is 1.64. The van der Waals surface area contributed by atoms with E-state index < -0.39 is 6.10 Å². The van der Waals surface area contributed by atoms with Crippen molar-refractivity contribution in [1.29, 1.82) is 0 Å². The maximum Gasteiger partial charge on any atom is 0.255 e. The molecule has 0 saturated heterocycles. The van der Waals surface area contributed by atoms with Crippen LogP contribution in [0.5, 0.6) is 0 Å². The number of hydrogen-bond donors (Lipinski definition) is 1. The summed E-state index contributed by atoms with van der Waals surface area (Å²) in [4.78, 5) is 17.5. The fraction of sp³-hybridized carbons (Fsp3) is 0.733. The van der Waals surface area contributed by atoms with Gasteiger partial charge in [-0.1, -0.05) is 27.7 Å². The minimum Gasteiger partial charge on any atom is -0.383 e. The molecule has 0 aromatic heterocycles. The summed E-state index contributed by atoms with van der Waals surface area (Å²) in [6, 6.07) is 0. The van der Waals surface area contributed by atoms with E-state index in [1.807, 2.05) is 13.1 Å². The summed E-state index contributed by atoms with van der Waals surface area (Å²) in [5.74, 6) is 0.710. The van der Waals surface area contributed by atoms with Crippen LogP contribution in [0, 0.1) is 11.8 Å². The highest BCUT2D eigenvalue weighted by molar-refractivity contribution is 5.81. The van der Waals surface area contributed by atoms with Gasteiger partial charge >= 0.3 is 0 Å². The van der Waals surface area contributed by atoms with Crippen molar-refractivity contribution in [1.82, 2.24) is 4.90 Å². The zero-order valence-corrected chi connectivity index (χ0v) is 13.1. The third kappa shape index (κ3) is 6.53. The molecule has 0 fully saturated rings. The van der Waals surface area contributed by atoms with Crippen LogP contribution in [-0.2, 0) is 4.79 Å². The summed E-state index contributed by atoms with van der Waals surface area (Å²) < 4.78 is 0. The number of rotatable bonds is 7. The highest BCUT2D eigenvalue weighted by atomic mass is 16.3. The maximum absolute atomic E-state index is 11.7. The van der Waals surface area contributed by atoms with Crippen LogP contribution in [0.2, 0.25) is 0 Å². The molecule has 1 amide bonds. The first-order valence-electron chi connectivity index (χ1n) is 7.00. The predicted octanol–water partition coefficient (Wildman–Crippen LogP) is 2.83. The monoisotopic (exact) mass is 268 g/mol. The number of carbonyl (C=O) groups excluding carboxylic acids is 1. The lowest BCUT2D eigenvalue weighted by Crippen LogP contribution is -2.32. The molecule has 2 atom stereocenters. The van der Waals surface area contributed by atoms with Gasteiger partial charge in [0.25, 0.3) is 5.91 Å². The van der Waals surface area contributed by atoms with Gasteiger partial charge in [-0.2, -0.15) is 0 Å². The summed E-state index contributed by atoms with van der Waals surface area (Å²) >= 11 is 0. The van der Waals surface area contributed by atoms with Crippen LogP contribution in [0.3, 0.4) is 0 Å². The molecular formula is C15H28N2O2. The minimum atomic E-state index is -0.933. The molecule has 0 aliphatic rings. The van der Waals surface area contributed by atoms with E-state index in [4.69, 9.17) is 0 Å². The summed E-state index contributed by atoms with van der Waals surface area (Å²) in [5, 5.41) is 9.48. The Kier molecular flexibility index (Phi) is 8.32. The molecule has 4 nitrogen and oxygen atoms in total. The molecule has 1 N–H and O–H groups in total. The van der Waals surface area contributed by atoms with Gasteiger partial charge in [0.1, 0.15) is 6.10 Å². The molecule has 110 valence electrons. The molecule has 0 bridgehead atoms. The molecule has 0 saturated carbocycles. The van der Waals surface area contributed by atoms with Crippen molar-refractivity contribution in [2.24, 2.45) is 16.8 Å². The second-order valence-corrected chi connectivity index (χ2v) is 5.24. The van der Waals surface area contributed by atoms with E-state index in [0.29, 0.717) is 18.3 Å². The van der Waals surface area contributed by atoms with Crippen molar-refractivity contribution in [3.8, 4) is 0 Å². The second-order valence-electron chi connectivity index (χ2n) is 5.24. The predicted molar refractivity (Wildman–Crippen MR) is 79.9 cm³/mol. The van der Waals surface area contributed by atoms with Crippen molar-refractivity contribution >= 4 is 12.1 Å². The van der Waals surface area contributed by atoms with Gasteiger partial charge in [0, 0.05) is 19.5 Å². The first kappa shape index (κ1) is 17.8. The third-order valence-corrected chi connectivity index (χ3v) is 3.20. The zero-order valence-electron chi connectivity index (χ0n) is 13.1. The number of amides is 1. The molecule has 0 spiro atoms. The molecule has 0 aromatic rings. The molecule has 0 radical (unpaired) electrons. The Hall–Kier alpha value is -1.16. The van der Waals surface area contributed by atoms with Gasteiger partial charge in [-0.15, -0.1) is 0 Å². The largest absolute Gasteiger partial charge is 0.383 e. The quantitative estimate of drug-likeness (QED) is 0.722. The van der Waals surface area contributed by atoms with E-state index in [1.54, 1.807) is 20.2 Å². The summed E-state index contributed by atoms with van der Waals surface area (Å²) in [5.41, 5.74) is 0.762. The van der Waals surface area contributed by atoms with E-state index in [2.05, 4.69) is 25.8 Å². The van der Waals surface area contributed by atoms with Gasteiger partial charge in [-0.3, -0.25) is 9.79 Å². The van der Waals surface area contributed by atoms with E-state index in [0.717, 1.165) is 12.1 Å². The molecule has 0 aromatic carbocycles.